The molecule has 0 saturated heterocycles. The largest absolute Gasteiger partial charge is 0.479 e. The van der Waals surface area contributed by atoms with Gasteiger partial charge in [0.25, 0.3) is 0 Å². The van der Waals surface area contributed by atoms with Crippen molar-refractivity contribution in [3.63, 3.8) is 0 Å². The third kappa shape index (κ3) is 6.05. The van der Waals surface area contributed by atoms with Crippen molar-refractivity contribution in [2.24, 2.45) is 5.92 Å². The van der Waals surface area contributed by atoms with Crippen LogP contribution >= 0.6 is 0 Å². The minimum absolute atomic E-state index is 0.115. The normalized spacial score (nSPS) is 15.4. The van der Waals surface area contributed by atoms with Crippen LogP contribution in [-0.4, -0.2) is 60.0 Å². The predicted octanol–water partition coefficient (Wildman–Crippen LogP) is 0.426. The molecular weight excluding hydrogens is 210 g/mol. The van der Waals surface area contributed by atoms with Crippen molar-refractivity contribution in [3.05, 3.63) is 0 Å². The first kappa shape index (κ1) is 15.3. The summed E-state index contributed by atoms with van der Waals surface area (Å²) >= 11 is 0. The van der Waals surface area contributed by atoms with E-state index in [4.69, 9.17) is 9.84 Å². The van der Waals surface area contributed by atoms with Crippen LogP contribution in [0.3, 0.4) is 0 Å². The quantitative estimate of drug-likeness (QED) is 0.636. The van der Waals surface area contributed by atoms with E-state index in [0.717, 1.165) is 6.54 Å². The van der Waals surface area contributed by atoms with E-state index in [1.807, 2.05) is 4.90 Å². The summed E-state index contributed by atoms with van der Waals surface area (Å²) in [6.45, 7) is 7.43. The molecule has 0 radical (unpaired) electrons. The van der Waals surface area contributed by atoms with Crippen LogP contribution in [0, 0.1) is 5.92 Å². The summed E-state index contributed by atoms with van der Waals surface area (Å²) in [5.74, 6) is -0.778. The molecule has 0 amide bonds. The van der Waals surface area contributed by atoms with Gasteiger partial charge in [0.2, 0.25) is 0 Å². The molecule has 5 heteroatoms. The summed E-state index contributed by atoms with van der Waals surface area (Å²) in [6.07, 6.45) is 0. The van der Waals surface area contributed by atoms with Crippen LogP contribution < -0.4 is 0 Å². The topological polar surface area (TPSA) is 70.0 Å². The SMILES string of the molecule is COCCN(CC(C)C)CC(C)(O)C(=O)O. The molecular formula is C11H23NO4. The number of methoxy groups -OCH3 is 1. The number of hydrogen-bond donors (Lipinski definition) is 2. The highest BCUT2D eigenvalue weighted by Crippen LogP contribution is 2.09. The van der Waals surface area contributed by atoms with Gasteiger partial charge in [0, 0.05) is 26.7 Å². The van der Waals surface area contributed by atoms with Crippen molar-refractivity contribution in [1.29, 1.82) is 0 Å². The second kappa shape index (κ2) is 6.83. The summed E-state index contributed by atoms with van der Waals surface area (Å²) in [5, 5.41) is 18.5. The number of aliphatic carboxylic acids is 1. The van der Waals surface area contributed by atoms with Crippen LogP contribution in [0.25, 0.3) is 0 Å². The molecule has 0 aliphatic carbocycles. The minimum Gasteiger partial charge on any atom is -0.479 e. The van der Waals surface area contributed by atoms with Gasteiger partial charge in [-0.15, -0.1) is 0 Å². The second-order valence-electron chi connectivity index (χ2n) is 4.70. The van der Waals surface area contributed by atoms with Crippen molar-refractivity contribution in [2.45, 2.75) is 26.4 Å². The lowest BCUT2D eigenvalue weighted by molar-refractivity contribution is -0.158. The number of hydrogen-bond acceptors (Lipinski definition) is 4. The zero-order valence-electron chi connectivity index (χ0n) is 10.6. The lowest BCUT2D eigenvalue weighted by Gasteiger charge is -2.29. The maximum atomic E-state index is 10.8. The summed E-state index contributed by atoms with van der Waals surface area (Å²) in [6, 6.07) is 0. The molecule has 1 unspecified atom stereocenters. The van der Waals surface area contributed by atoms with Crippen LogP contribution in [0.1, 0.15) is 20.8 Å². The molecule has 2 N–H and O–H groups in total. The van der Waals surface area contributed by atoms with E-state index in [1.165, 1.54) is 6.92 Å². The third-order valence-corrected chi connectivity index (χ3v) is 2.23. The number of aliphatic hydroxyl groups is 1. The molecule has 16 heavy (non-hydrogen) atoms. The Labute approximate surface area is 97.0 Å². The van der Waals surface area contributed by atoms with Gasteiger partial charge in [0.15, 0.2) is 5.60 Å². The highest BCUT2D eigenvalue weighted by Gasteiger charge is 2.32. The fraction of sp³-hybridized carbons (Fsp3) is 0.909. The van der Waals surface area contributed by atoms with Crippen LogP contribution in [0.4, 0.5) is 0 Å². The van der Waals surface area contributed by atoms with Crippen LogP contribution in [-0.2, 0) is 9.53 Å². The molecule has 0 aliphatic heterocycles. The van der Waals surface area contributed by atoms with Crippen molar-refractivity contribution in [3.8, 4) is 0 Å². The van der Waals surface area contributed by atoms with Crippen LogP contribution in [0.5, 0.6) is 0 Å². The highest BCUT2D eigenvalue weighted by molar-refractivity contribution is 5.76. The Balaban J connectivity index is 4.34. The fourth-order valence-corrected chi connectivity index (χ4v) is 1.47. The molecule has 5 nitrogen and oxygen atoms in total. The molecule has 0 rings (SSSR count). The first-order valence-corrected chi connectivity index (χ1v) is 5.46. The van der Waals surface area contributed by atoms with Gasteiger partial charge in [-0.3, -0.25) is 4.90 Å². The van der Waals surface area contributed by atoms with E-state index in [-0.39, 0.29) is 6.54 Å². The number of carboxylic acid groups (broad SMARTS) is 1. The van der Waals surface area contributed by atoms with Gasteiger partial charge in [0.05, 0.1) is 6.61 Å². The minimum atomic E-state index is -1.71. The number of rotatable bonds is 8. The average Bonchev–Trinajstić information content (AvgIpc) is 2.12. The molecule has 0 aromatic carbocycles. The van der Waals surface area contributed by atoms with Crippen molar-refractivity contribution >= 4 is 5.97 Å². The van der Waals surface area contributed by atoms with Gasteiger partial charge in [-0.2, -0.15) is 0 Å². The number of carboxylic acids is 1. The monoisotopic (exact) mass is 233 g/mol. The predicted molar refractivity (Wildman–Crippen MR) is 61.4 cm³/mol. The molecule has 0 aromatic heterocycles. The second-order valence-corrected chi connectivity index (χ2v) is 4.70. The molecule has 0 aromatic rings. The van der Waals surface area contributed by atoms with Gasteiger partial charge < -0.3 is 14.9 Å². The Morgan fingerprint density at radius 1 is 1.50 bits per heavy atom. The Bertz CT molecular complexity index is 216. The maximum Gasteiger partial charge on any atom is 0.336 e. The lowest BCUT2D eigenvalue weighted by Crippen LogP contribution is -2.48. The Kier molecular flexibility index (Phi) is 6.55. The highest BCUT2D eigenvalue weighted by atomic mass is 16.5. The lowest BCUT2D eigenvalue weighted by atomic mass is 10.1. The fourth-order valence-electron chi connectivity index (χ4n) is 1.47. The zero-order valence-corrected chi connectivity index (χ0v) is 10.6. The van der Waals surface area contributed by atoms with E-state index < -0.39 is 11.6 Å². The number of nitrogens with zero attached hydrogens (tertiary/aromatic N) is 1. The van der Waals surface area contributed by atoms with Gasteiger partial charge in [0.1, 0.15) is 0 Å². The Morgan fingerprint density at radius 2 is 2.06 bits per heavy atom. The Morgan fingerprint density at radius 3 is 2.44 bits per heavy atom. The number of carbonyl (C=O) groups is 1. The van der Waals surface area contributed by atoms with Crippen LogP contribution in [0.2, 0.25) is 0 Å². The molecule has 0 fully saturated rings. The molecule has 0 spiro atoms. The molecule has 0 heterocycles. The Hall–Kier alpha value is -0.650. The summed E-state index contributed by atoms with van der Waals surface area (Å²) in [5.41, 5.74) is -1.71. The van der Waals surface area contributed by atoms with Gasteiger partial charge in [-0.1, -0.05) is 13.8 Å². The first-order chi connectivity index (χ1) is 7.29. The zero-order chi connectivity index (χ0) is 12.8. The molecule has 1 atom stereocenters. The van der Waals surface area contributed by atoms with Crippen LogP contribution in [0.15, 0.2) is 0 Å². The van der Waals surface area contributed by atoms with E-state index in [1.54, 1.807) is 7.11 Å². The van der Waals surface area contributed by atoms with Gasteiger partial charge in [-0.05, 0) is 12.8 Å². The van der Waals surface area contributed by atoms with E-state index in [2.05, 4.69) is 13.8 Å². The standard InChI is InChI=1S/C11H23NO4/c1-9(2)7-12(5-6-16-4)8-11(3,15)10(13)14/h9,15H,5-8H2,1-4H3,(H,13,14). The molecule has 0 aliphatic rings. The van der Waals surface area contributed by atoms with Gasteiger partial charge in [-0.25, -0.2) is 4.79 Å². The smallest absolute Gasteiger partial charge is 0.336 e. The average molecular weight is 233 g/mol. The van der Waals surface area contributed by atoms with E-state index in [9.17, 15) is 9.90 Å². The van der Waals surface area contributed by atoms with E-state index >= 15 is 0 Å². The van der Waals surface area contributed by atoms with Crippen molar-refractivity contribution in [1.82, 2.24) is 4.90 Å². The molecule has 96 valence electrons. The van der Waals surface area contributed by atoms with Gasteiger partial charge >= 0.3 is 5.97 Å². The maximum absolute atomic E-state index is 10.8. The molecule has 0 bridgehead atoms. The summed E-state index contributed by atoms with van der Waals surface area (Å²) < 4.78 is 4.96. The van der Waals surface area contributed by atoms with Crippen molar-refractivity contribution in [2.75, 3.05) is 33.4 Å². The summed E-state index contributed by atoms with van der Waals surface area (Å²) in [7, 11) is 1.60. The van der Waals surface area contributed by atoms with E-state index in [0.29, 0.717) is 19.1 Å². The summed E-state index contributed by atoms with van der Waals surface area (Å²) in [4.78, 5) is 12.7. The molecule has 0 saturated carbocycles. The van der Waals surface area contributed by atoms with Crippen molar-refractivity contribution < 1.29 is 19.7 Å². The number of ether oxygens (including phenoxy) is 1. The first-order valence-electron chi connectivity index (χ1n) is 5.46. The third-order valence-electron chi connectivity index (χ3n) is 2.23.